The first-order valence-corrected chi connectivity index (χ1v) is 10.8. The molecule has 11 heteroatoms. The van der Waals surface area contributed by atoms with Crippen molar-refractivity contribution in [1.29, 1.82) is 0 Å². The van der Waals surface area contributed by atoms with Crippen LogP contribution in [-0.4, -0.2) is 74.5 Å². The number of carbonyl (C=O) groups is 4. The Bertz CT molecular complexity index is 1180. The molecule has 0 bridgehead atoms. The summed E-state index contributed by atoms with van der Waals surface area (Å²) in [5.74, 6) is -5.24. The summed E-state index contributed by atoms with van der Waals surface area (Å²) in [5, 5.41) is 10.9. The number of methoxy groups -OCH3 is 4. The quantitative estimate of drug-likeness (QED) is 0.251. The van der Waals surface area contributed by atoms with Gasteiger partial charge in [-0.25, -0.2) is 14.4 Å². The van der Waals surface area contributed by atoms with Gasteiger partial charge in [0, 0.05) is 12.7 Å². The molecule has 0 radical (unpaired) electrons. The maximum atomic E-state index is 13.9. The molecule has 36 heavy (non-hydrogen) atoms. The van der Waals surface area contributed by atoms with Crippen LogP contribution in [0.1, 0.15) is 24.2 Å². The van der Waals surface area contributed by atoms with Crippen LogP contribution >= 0.6 is 0 Å². The maximum absolute atomic E-state index is 13.9. The fourth-order valence-electron chi connectivity index (χ4n) is 4.25. The number of rotatable bonds is 7. The van der Waals surface area contributed by atoms with Crippen molar-refractivity contribution in [2.45, 2.75) is 26.2 Å². The molecular weight excluding hydrogens is 474 g/mol. The van der Waals surface area contributed by atoms with Crippen molar-refractivity contribution in [2.24, 2.45) is 5.92 Å². The number of allylic oxidation sites excluding steroid dienone is 2. The van der Waals surface area contributed by atoms with E-state index in [1.807, 2.05) is 0 Å². The smallest absolute Gasteiger partial charge is 0.339 e. The molecule has 3 atom stereocenters. The Morgan fingerprint density at radius 2 is 1.53 bits per heavy atom. The Kier molecular flexibility index (Phi) is 7.96. The predicted octanol–water partition coefficient (Wildman–Crippen LogP) is 1.44. The van der Waals surface area contributed by atoms with E-state index in [0.29, 0.717) is 11.5 Å². The summed E-state index contributed by atoms with van der Waals surface area (Å²) in [6, 6.07) is 6.47. The van der Waals surface area contributed by atoms with Crippen molar-refractivity contribution in [1.82, 2.24) is 4.90 Å². The van der Waals surface area contributed by atoms with E-state index in [2.05, 4.69) is 0 Å². The number of aliphatic hydroxyl groups excluding tert-OH is 1. The molecule has 0 aromatic heterocycles. The van der Waals surface area contributed by atoms with Crippen LogP contribution < -0.4 is 0 Å². The number of hydrogen-bond acceptors (Lipinski definition) is 11. The Morgan fingerprint density at radius 1 is 0.917 bits per heavy atom. The number of ketones is 1. The topological polar surface area (TPSA) is 138 Å². The zero-order valence-electron chi connectivity index (χ0n) is 20.7. The minimum absolute atomic E-state index is 0.164. The van der Waals surface area contributed by atoms with Crippen LogP contribution in [-0.2, 0) is 38.1 Å². The van der Waals surface area contributed by atoms with Gasteiger partial charge in [-0.1, -0.05) is 30.3 Å². The Labute approximate surface area is 207 Å². The number of Topliss-reactive ketones (excluding diaryl/α,β-unsaturated/α-hetero) is 1. The van der Waals surface area contributed by atoms with Crippen LogP contribution in [0.3, 0.4) is 0 Å². The molecule has 3 unspecified atom stereocenters. The first kappa shape index (κ1) is 26.6. The van der Waals surface area contributed by atoms with Crippen molar-refractivity contribution < 1.29 is 48.0 Å². The van der Waals surface area contributed by atoms with E-state index in [-0.39, 0.29) is 17.0 Å². The van der Waals surface area contributed by atoms with Gasteiger partial charge in [-0.3, -0.25) is 9.69 Å². The van der Waals surface area contributed by atoms with Crippen LogP contribution in [0, 0.1) is 5.92 Å². The highest BCUT2D eigenvalue weighted by atomic mass is 16.6. The lowest BCUT2D eigenvalue weighted by Gasteiger charge is -2.34. The Balaban J connectivity index is 2.56. The normalized spacial score (nSPS) is 20.4. The second-order valence-corrected chi connectivity index (χ2v) is 7.88. The minimum atomic E-state index is -1.82. The average Bonchev–Trinajstić information content (AvgIpc) is 3.11. The molecule has 0 amide bonds. The molecule has 0 saturated carbocycles. The number of esters is 3. The summed E-state index contributed by atoms with van der Waals surface area (Å²) in [5.41, 5.74) is -0.860. The number of carbonyl (C=O) groups excluding carboxylic acids is 4. The van der Waals surface area contributed by atoms with Crippen LogP contribution in [0.15, 0.2) is 64.4 Å². The summed E-state index contributed by atoms with van der Waals surface area (Å²) < 4.78 is 25.9. The second-order valence-electron chi connectivity index (χ2n) is 7.88. The van der Waals surface area contributed by atoms with E-state index in [0.717, 1.165) is 28.4 Å². The van der Waals surface area contributed by atoms with Crippen molar-refractivity contribution >= 4 is 23.7 Å². The van der Waals surface area contributed by atoms with E-state index in [9.17, 15) is 24.3 Å². The number of nitrogens with zero attached hydrogens (tertiary/aromatic N) is 1. The lowest BCUT2D eigenvalue weighted by atomic mass is 9.84. The van der Waals surface area contributed by atoms with Crippen LogP contribution in [0.5, 0.6) is 0 Å². The molecule has 1 N–H and O–H groups in total. The van der Waals surface area contributed by atoms with E-state index in [1.165, 1.54) is 17.0 Å². The molecule has 0 spiro atoms. The molecule has 2 aliphatic heterocycles. The maximum Gasteiger partial charge on any atom is 0.339 e. The highest BCUT2D eigenvalue weighted by molar-refractivity contribution is 6.20. The predicted molar refractivity (Wildman–Crippen MR) is 122 cm³/mol. The van der Waals surface area contributed by atoms with Gasteiger partial charge in [0.15, 0.2) is 12.1 Å². The number of fused-ring (bicyclic) bond motifs is 1. The molecule has 3 rings (SSSR count). The Hall–Kier alpha value is -3.96. The lowest BCUT2D eigenvalue weighted by Crippen LogP contribution is -2.50. The number of aliphatic hydroxyl groups is 1. The molecular formula is C25H27NO10. The molecule has 1 aromatic rings. The van der Waals surface area contributed by atoms with Crippen LogP contribution in [0.2, 0.25) is 0 Å². The molecule has 0 aliphatic carbocycles. The highest BCUT2D eigenvalue weighted by Crippen LogP contribution is 2.45. The fourth-order valence-corrected chi connectivity index (χ4v) is 4.25. The van der Waals surface area contributed by atoms with E-state index >= 15 is 0 Å². The Morgan fingerprint density at radius 3 is 2.06 bits per heavy atom. The molecule has 0 saturated heterocycles. The zero-order chi connectivity index (χ0) is 26.7. The fraction of sp³-hybridized carbons (Fsp3) is 0.360. The summed E-state index contributed by atoms with van der Waals surface area (Å²) >= 11 is 0. The number of benzene rings is 1. The van der Waals surface area contributed by atoms with Gasteiger partial charge in [0.1, 0.15) is 11.8 Å². The van der Waals surface area contributed by atoms with Gasteiger partial charge in [0.2, 0.25) is 5.88 Å². The third kappa shape index (κ3) is 4.38. The van der Waals surface area contributed by atoms with Gasteiger partial charge in [0.05, 0.1) is 49.7 Å². The summed E-state index contributed by atoms with van der Waals surface area (Å²) in [6.45, 7) is 3.21. The number of hydrogen-bond donors (Lipinski definition) is 1. The van der Waals surface area contributed by atoms with Crippen molar-refractivity contribution in [3.8, 4) is 0 Å². The molecule has 192 valence electrons. The van der Waals surface area contributed by atoms with Gasteiger partial charge in [-0.05, 0) is 13.8 Å². The van der Waals surface area contributed by atoms with E-state index < -0.39 is 53.1 Å². The molecule has 0 fully saturated rings. The van der Waals surface area contributed by atoms with Gasteiger partial charge < -0.3 is 28.8 Å². The molecule has 11 nitrogen and oxygen atoms in total. The van der Waals surface area contributed by atoms with Crippen LogP contribution in [0.25, 0.3) is 0 Å². The first-order valence-electron chi connectivity index (χ1n) is 10.8. The largest absolute Gasteiger partial charge is 0.467 e. The minimum Gasteiger partial charge on any atom is -0.467 e. The highest BCUT2D eigenvalue weighted by Gasteiger charge is 2.54. The second kappa shape index (κ2) is 10.8. The van der Waals surface area contributed by atoms with Gasteiger partial charge in [-0.2, -0.15) is 0 Å². The first-order chi connectivity index (χ1) is 17.1. The molecule has 1 aromatic carbocycles. The summed E-state index contributed by atoms with van der Waals surface area (Å²) in [6.07, 6.45) is -1.82. The van der Waals surface area contributed by atoms with E-state index in [1.54, 1.807) is 32.0 Å². The third-order valence-corrected chi connectivity index (χ3v) is 6.07. The van der Waals surface area contributed by atoms with Gasteiger partial charge in [0.25, 0.3) is 0 Å². The monoisotopic (exact) mass is 501 g/mol. The van der Waals surface area contributed by atoms with Crippen molar-refractivity contribution in [2.75, 3.05) is 28.4 Å². The lowest BCUT2D eigenvalue weighted by molar-refractivity contribution is -0.161. The van der Waals surface area contributed by atoms with Gasteiger partial charge >= 0.3 is 17.9 Å². The number of ether oxygens (including phenoxy) is 5. The average molecular weight is 501 g/mol. The molecule has 2 heterocycles. The third-order valence-electron chi connectivity index (χ3n) is 6.07. The molecule has 2 aliphatic rings. The van der Waals surface area contributed by atoms with Gasteiger partial charge in [-0.15, -0.1) is 0 Å². The summed E-state index contributed by atoms with van der Waals surface area (Å²) in [4.78, 5) is 54.8. The summed E-state index contributed by atoms with van der Waals surface area (Å²) in [7, 11) is 4.38. The SMILES string of the molecule is COC(=O)C1=C(C(=O)OC)C(C(O)OC)C(C(=O)OC)N2C(C)=C(C)OC2=C1C(=O)c1ccccc1. The van der Waals surface area contributed by atoms with Crippen molar-refractivity contribution in [3.05, 3.63) is 70.0 Å². The standard InChI is InChI=1S/C25H27NO10/c1-12-13(2)36-21-18(20(27)14-10-8-7-9-11-14)16(23(29)33-4)15(22(28)32-3)17(24(30)34-5)19(26(12)21)25(31)35-6/h7-11,17,19,24,30H,1-6H3. The van der Waals surface area contributed by atoms with E-state index in [4.69, 9.17) is 23.7 Å². The zero-order valence-corrected chi connectivity index (χ0v) is 20.7. The van der Waals surface area contributed by atoms with Crippen molar-refractivity contribution in [3.63, 3.8) is 0 Å². The van der Waals surface area contributed by atoms with Crippen LogP contribution in [0.4, 0.5) is 0 Å².